The van der Waals surface area contributed by atoms with Gasteiger partial charge in [0.25, 0.3) is 0 Å². The highest BCUT2D eigenvalue weighted by molar-refractivity contribution is 6.26. The van der Waals surface area contributed by atoms with Crippen LogP contribution in [0.1, 0.15) is 0 Å². The molecule has 0 aliphatic carbocycles. The summed E-state index contributed by atoms with van der Waals surface area (Å²) >= 11 is 0. The minimum atomic E-state index is 0.544. The van der Waals surface area contributed by atoms with Gasteiger partial charge in [-0.15, -0.1) is 0 Å². The van der Waals surface area contributed by atoms with Gasteiger partial charge in [0.1, 0.15) is 0 Å². The zero-order valence-corrected chi connectivity index (χ0v) is 36.5. The molecule has 0 spiro atoms. The van der Waals surface area contributed by atoms with Gasteiger partial charge in [-0.2, -0.15) is 9.97 Å². The minimum Gasteiger partial charge on any atom is -0.309 e. The van der Waals surface area contributed by atoms with Crippen molar-refractivity contribution in [2.45, 2.75) is 0 Å². The fourth-order valence-electron chi connectivity index (χ4n) is 9.47. The van der Waals surface area contributed by atoms with Crippen LogP contribution in [0, 0.1) is 0 Å². The Kier molecular flexibility index (Phi) is 9.31. The van der Waals surface area contributed by atoms with Gasteiger partial charge in [0.15, 0.2) is 29.1 Å². The van der Waals surface area contributed by atoms with Crippen molar-refractivity contribution in [2.24, 2.45) is 0 Å². The Hall–Kier alpha value is -9.40. The topological polar surface area (TPSA) is 87.2 Å². The summed E-state index contributed by atoms with van der Waals surface area (Å²) in [4.78, 5) is 30.8. The van der Waals surface area contributed by atoms with Gasteiger partial charge < -0.3 is 4.57 Å². The van der Waals surface area contributed by atoms with E-state index >= 15 is 0 Å². The summed E-state index contributed by atoms with van der Waals surface area (Å²) in [6.45, 7) is 0. The van der Waals surface area contributed by atoms with Crippen molar-refractivity contribution in [3.05, 3.63) is 231 Å². The predicted octanol–water partition coefficient (Wildman–Crippen LogP) is 14.3. The molecule has 68 heavy (non-hydrogen) atoms. The quantitative estimate of drug-likeness (QED) is 0.151. The number of nitrogens with zero attached hydrogens (tertiary/aromatic N) is 8. The van der Waals surface area contributed by atoms with Crippen molar-refractivity contribution in [3.63, 3.8) is 0 Å². The zero-order valence-electron chi connectivity index (χ0n) is 36.5. The van der Waals surface area contributed by atoms with E-state index < -0.39 is 0 Å². The highest BCUT2D eigenvalue weighted by Crippen LogP contribution is 2.42. The van der Waals surface area contributed by atoms with Gasteiger partial charge in [-0.1, -0.05) is 200 Å². The van der Waals surface area contributed by atoms with Gasteiger partial charge in [-0.3, -0.25) is 4.57 Å². The molecule has 4 aromatic heterocycles. The summed E-state index contributed by atoms with van der Waals surface area (Å²) in [5, 5.41) is 4.47. The first-order valence-corrected chi connectivity index (χ1v) is 22.6. The molecule has 0 aliphatic rings. The maximum atomic E-state index is 5.21. The second kappa shape index (κ2) is 16.2. The number of aromatic nitrogens is 8. The lowest BCUT2D eigenvalue weighted by molar-refractivity contribution is 0.953. The van der Waals surface area contributed by atoms with Crippen molar-refractivity contribution in [3.8, 4) is 79.7 Å². The molecule has 0 N–H and O–H groups in total. The van der Waals surface area contributed by atoms with E-state index in [0.717, 1.165) is 88.2 Å². The van der Waals surface area contributed by atoms with Gasteiger partial charge in [0.05, 0.1) is 22.1 Å². The fourth-order valence-corrected chi connectivity index (χ4v) is 9.47. The molecule has 318 valence electrons. The van der Waals surface area contributed by atoms with Crippen LogP contribution in [-0.4, -0.2) is 39.0 Å². The summed E-state index contributed by atoms with van der Waals surface area (Å²) in [5.41, 5.74) is 11.9. The van der Waals surface area contributed by atoms with E-state index in [9.17, 15) is 0 Å². The molecule has 0 amide bonds. The molecule has 13 rings (SSSR count). The standard InChI is InChI=1S/C60H38N8/c1-5-18-39(19-6-1)40-32-34-44(35-33-40)56-61-55(41-20-7-2-8-21-41)62-59(63-56)45-26-17-27-46(38-45)67-50-30-15-13-28-47(50)48-36-37-52-53(54(48)67)49-29-14-16-31-51(49)68(52)60-65-57(42-22-9-3-10-23-42)64-58(66-60)43-24-11-4-12-25-43/h1-38H. The molecule has 0 radical (unpaired) electrons. The van der Waals surface area contributed by atoms with Crippen LogP contribution in [0.3, 0.4) is 0 Å². The molecule has 9 aromatic carbocycles. The molecule has 0 saturated heterocycles. The Labute approximate surface area is 391 Å². The van der Waals surface area contributed by atoms with Crippen molar-refractivity contribution < 1.29 is 0 Å². The average molecular weight is 871 g/mol. The second-order valence-electron chi connectivity index (χ2n) is 16.7. The summed E-state index contributed by atoms with van der Waals surface area (Å²) in [5.74, 6) is 3.56. The fraction of sp³-hybridized carbons (Fsp3) is 0. The minimum absolute atomic E-state index is 0.544. The van der Waals surface area contributed by atoms with Crippen LogP contribution in [0.25, 0.3) is 123 Å². The Morgan fingerprint density at radius 2 is 0.662 bits per heavy atom. The molecule has 0 atom stereocenters. The number of hydrogen-bond acceptors (Lipinski definition) is 6. The maximum Gasteiger partial charge on any atom is 0.238 e. The van der Waals surface area contributed by atoms with E-state index in [4.69, 9.17) is 29.9 Å². The van der Waals surface area contributed by atoms with Crippen molar-refractivity contribution in [1.29, 1.82) is 0 Å². The van der Waals surface area contributed by atoms with Gasteiger partial charge in [0.2, 0.25) is 5.95 Å². The average Bonchev–Trinajstić information content (AvgIpc) is 3.95. The lowest BCUT2D eigenvalue weighted by Crippen LogP contribution is -2.06. The van der Waals surface area contributed by atoms with Crippen molar-refractivity contribution >= 4 is 43.6 Å². The largest absolute Gasteiger partial charge is 0.309 e. The van der Waals surface area contributed by atoms with Crippen molar-refractivity contribution in [1.82, 2.24) is 39.0 Å². The lowest BCUT2D eigenvalue weighted by Gasteiger charge is -2.13. The molecule has 8 nitrogen and oxygen atoms in total. The maximum absolute atomic E-state index is 5.21. The van der Waals surface area contributed by atoms with E-state index in [1.807, 2.05) is 97.1 Å². The Bertz CT molecular complexity index is 3940. The van der Waals surface area contributed by atoms with E-state index in [2.05, 4.69) is 143 Å². The molecule has 0 bridgehead atoms. The van der Waals surface area contributed by atoms with Crippen LogP contribution in [-0.2, 0) is 0 Å². The smallest absolute Gasteiger partial charge is 0.238 e. The monoisotopic (exact) mass is 870 g/mol. The SMILES string of the molecule is c1ccc(-c2ccc(-c3nc(-c4ccccc4)nc(-c4cccc(-n5c6ccccc6c6ccc7c(c8ccccc8n7-c7nc(-c8ccccc8)nc(-c8ccccc8)n7)c65)c4)n3)cc2)cc1. The molecule has 8 heteroatoms. The van der Waals surface area contributed by atoms with E-state index in [1.165, 1.54) is 0 Å². The van der Waals surface area contributed by atoms with Crippen LogP contribution in [0.2, 0.25) is 0 Å². The summed E-state index contributed by atoms with van der Waals surface area (Å²) in [7, 11) is 0. The third-order valence-corrected chi connectivity index (χ3v) is 12.6. The number of hydrogen-bond donors (Lipinski definition) is 0. The highest BCUT2D eigenvalue weighted by Gasteiger charge is 2.23. The number of rotatable bonds is 8. The van der Waals surface area contributed by atoms with E-state index in [1.54, 1.807) is 0 Å². The lowest BCUT2D eigenvalue weighted by atomic mass is 10.0. The van der Waals surface area contributed by atoms with Crippen LogP contribution in [0.5, 0.6) is 0 Å². The number of para-hydroxylation sites is 2. The molecule has 0 saturated carbocycles. The first-order chi connectivity index (χ1) is 33.7. The molecule has 0 aliphatic heterocycles. The predicted molar refractivity (Wildman–Crippen MR) is 275 cm³/mol. The van der Waals surface area contributed by atoms with Crippen LogP contribution >= 0.6 is 0 Å². The van der Waals surface area contributed by atoms with Gasteiger partial charge >= 0.3 is 0 Å². The first kappa shape index (κ1) is 39.0. The molecule has 13 aromatic rings. The van der Waals surface area contributed by atoms with Crippen LogP contribution in [0.15, 0.2) is 231 Å². The summed E-state index contributed by atoms with van der Waals surface area (Å²) < 4.78 is 4.57. The van der Waals surface area contributed by atoms with Crippen molar-refractivity contribution in [2.75, 3.05) is 0 Å². The van der Waals surface area contributed by atoms with Gasteiger partial charge in [-0.25, -0.2) is 19.9 Å². The van der Waals surface area contributed by atoms with Crippen LogP contribution in [0.4, 0.5) is 0 Å². The molecular weight excluding hydrogens is 833 g/mol. The Balaban J connectivity index is 1.02. The summed E-state index contributed by atoms with van der Waals surface area (Å²) in [6, 6.07) is 79.3. The molecule has 0 unspecified atom stereocenters. The third-order valence-electron chi connectivity index (χ3n) is 12.6. The molecule has 4 heterocycles. The van der Waals surface area contributed by atoms with Crippen LogP contribution < -0.4 is 0 Å². The normalized spacial score (nSPS) is 11.5. The Morgan fingerprint density at radius 1 is 0.250 bits per heavy atom. The second-order valence-corrected chi connectivity index (χ2v) is 16.7. The molecular formula is C60H38N8. The molecule has 0 fully saturated rings. The van der Waals surface area contributed by atoms with Gasteiger partial charge in [-0.05, 0) is 41.5 Å². The van der Waals surface area contributed by atoms with E-state index in [-0.39, 0.29) is 0 Å². The number of benzene rings is 9. The zero-order chi connectivity index (χ0) is 45.0. The van der Waals surface area contributed by atoms with Gasteiger partial charge in [0, 0.05) is 55.0 Å². The summed E-state index contributed by atoms with van der Waals surface area (Å²) in [6.07, 6.45) is 0. The van der Waals surface area contributed by atoms with E-state index in [0.29, 0.717) is 35.1 Å². The highest BCUT2D eigenvalue weighted by atomic mass is 15.2. The number of fused-ring (bicyclic) bond motifs is 7. The third kappa shape index (κ3) is 6.70. The Morgan fingerprint density at radius 3 is 1.24 bits per heavy atom. The first-order valence-electron chi connectivity index (χ1n) is 22.6.